The number of alkyl halides is 1. The van der Waals surface area contributed by atoms with Gasteiger partial charge in [-0.1, -0.05) is 6.07 Å². The number of nitro benzene ring substituents is 1. The molecule has 0 heterocycles. The predicted molar refractivity (Wildman–Crippen MR) is 64.9 cm³/mol. The van der Waals surface area contributed by atoms with Crippen LogP contribution < -0.4 is 4.74 Å². The lowest BCUT2D eigenvalue weighted by molar-refractivity contribution is -0.385. The zero-order valence-corrected chi connectivity index (χ0v) is 10.3. The minimum atomic E-state index is -0.464. The third-order valence-electron chi connectivity index (χ3n) is 2.02. The second kappa shape index (κ2) is 7.09. The van der Waals surface area contributed by atoms with Crippen molar-refractivity contribution in [3.05, 3.63) is 33.9 Å². The fourth-order valence-electron chi connectivity index (χ4n) is 1.25. The Morgan fingerprint density at radius 1 is 1.35 bits per heavy atom. The lowest BCUT2D eigenvalue weighted by Crippen LogP contribution is -2.09. The largest absolute Gasteiger partial charge is 0.484 e. The lowest BCUT2D eigenvalue weighted by atomic mass is 10.2. The van der Waals surface area contributed by atoms with E-state index in [4.69, 9.17) is 21.1 Å². The fourth-order valence-corrected chi connectivity index (χ4v) is 1.36. The Bertz CT molecular complexity index is 384. The van der Waals surface area contributed by atoms with Gasteiger partial charge in [0.2, 0.25) is 0 Å². The molecule has 0 amide bonds. The van der Waals surface area contributed by atoms with Crippen LogP contribution in [0.3, 0.4) is 0 Å². The molecule has 0 unspecified atom stereocenters. The van der Waals surface area contributed by atoms with Gasteiger partial charge in [-0.25, -0.2) is 0 Å². The molecule has 0 aliphatic heterocycles. The van der Waals surface area contributed by atoms with Crippen molar-refractivity contribution in [3.8, 4) is 5.75 Å². The van der Waals surface area contributed by atoms with Crippen molar-refractivity contribution in [2.24, 2.45) is 0 Å². The van der Waals surface area contributed by atoms with Crippen LogP contribution in [0.15, 0.2) is 18.2 Å². The van der Waals surface area contributed by atoms with E-state index in [1.165, 1.54) is 6.07 Å². The summed E-state index contributed by atoms with van der Waals surface area (Å²) in [5.74, 6) is 0.689. The van der Waals surface area contributed by atoms with E-state index < -0.39 is 4.92 Å². The van der Waals surface area contributed by atoms with E-state index in [0.29, 0.717) is 19.1 Å². The fraction of sp³-hybridized carbons (Fsp3) is 0.455. The predicted octanol–water partition coefficient (Wildman–Crippen LogP) is 2.54. The average molecular weight is 260 g/mol. The van der Waals surface area contributed by atoms with Crippen LogP contribution in [0.4, 0.5) is 5.69 Å². The van der Waals surface area contributed by atoms with Crippen molar-refractivity contribution in [1.82, 2.24) is 0 Å². The molecule has 94 valence electrons. The van der Waals surface area contributed by atoms with E-state index in [1.54, 1.807) is 12.1 Å². The molecule has 0 aliphatic carbocycles. The summed E-state index contributed by atoms with van der Waals surface area (Å²) >= 11 is 5.43. The highest BCUT2D eigenvalue weighted by molar-refractivity contribution is 6.17. The molecule has 0 saturated carbocycles. The van der Waals surface area contributed by atoms with Gasteiger partial charge in [0.15, 0.2) is 5.75 Å². The first kappa shape index (κ1) is 13.7. The number of hydrogen-bond donors (Lipinski definition) is 0. The molecule has 17 heavy (non-hydrogen) atoms. The molecule has 0 aliphatic rings. The number of aryl methyl sites for hydroxylation is 1. The maximum atomic E-state index is 10.7. The summed E-state index contributed by atoms with van der Waals surface area (Å²) in [6.45, 7) is 2.92. The molecule has 1 aromatic rings. The van der Waals surface area contributed by atoms with Gasteiger partial charge in [0.1, 0.15) is 6.61 Å². The molecule has 5 nitrogen and oxygen atoms in total. The van der Waals surface area contributed by atoms with Gasteiger partial charge in [0, 0.05) is 11.9 Å². The summed E-state index contributed by atoms with van der Waals surface area (Å²) in [6.07, 6.45) is 0. The van der Waals surface area contributed by atoms with Gasteiger partial charge < -0.3 is 9.47 Å². The Balaban J connectivity index is 2.56. The third kappa shape index (κ3) is 4.58. The number of rotatable bonds is 7. The molecule has 0 aromatic heterocycles. The lowest BCUT2D eigenvalue weighted by Gasteiger charge is -2.07. The molecular weight excluding hydrogens is 246 g/mol. The van der Waals surface area contributed by atoms with Gasteiger partial charge in [-0.15, -0.1) is 11.6 Å². The number of halogens is 1. The van der Waals surface area contributed by atoms with Crippen molar-refractivity contribution in [3.63, 3.8) is 0 Å². The van der Waals surface area contributed by atoms with E-state index >= 15 is 0 Å². The van der Waals surface area contributed by atoms with Crippen LogP contribution >= 0.6 is 11.6 Å². The number of ether oxygens (including phenoxy) is 2. The minimum absolute atomic E-state index is 0.0343. The van der Waals surface area contributed by atoms with Crippen molar-refractivity contribution >= 4 is 17.3 Å². The van der Waals surface area contributed by atoms with Crippen molar-refractivity contribution in [1.29, 1.82) is 0 Å². The Hall–Kier alpha value is -1.33. The van der Waals surface area contributed by atoms with Gasteiger partial charge >= 0.3 is 5.69 Å². The van der Waals surface area contributed by atoms with Crippen LogP contribution in [-0.2, 0) is 4.74 Å². The van der Waals surface area contributed by atoms with E-state index in [1.807, 2.05) is 6.92 Å². The molecular formula is C11H14ClNO4. The highest BCUT2D eigenvalue weighted by atomic mass is 35.5. The first-order valence-corrected chi connectivity index (χ1v) is 5.70. The Kier molecular flexibility index (Phi) is 5.72. The summed E-state index contributed by atoms with van der Waals surface area (Å²) in [5, 5.41) is 10.7. The highest BCUT2D eigenvalue weighted by Crippen LogP contribution is 2.27. The number of benzene rings is 1. The second-order valence-electron chi connectivity index (χ2n) is 3.38. The summed E-state index contributed by atoms with van der Waals surface area (Å²) in [7, 11) is 0. The molecule has 0 N–H and O–H groups in total. The summed E-state index contributed by atoms with van der Waals surface area (Å²) in [4.78, 5) is 10.3. The minimum Gasteiger partial charge on any atom is -0.484 e. The van der Waals surface area contributed by atoms with Crippen molar-refractivity contribution in [2.45, 2.75) is 6.92 Å². The zero-order chi connectivity index (χ0) is 12.7. The average Bonchev–Trinajstić information content (AvgIpc) is 2.28. The second-order valence-corrected chi connectivity index (χ2v) is 3.76. The van der Waals surface area contributed by atoms with E-state index in [9.17, 15) is 10.1 Å². The molecule has 0 radical (unpaired) electrons. The molecule has 0 saturated heterocycles. The number of nitrogens with zero attached hydrogens (tertiary/aromatic N) is 1. The molecule has 0 atom stereocenters. The van der Waals surface area contributed by atoms with Crippen LogP contribution in [0.2, 0.25) is 0 Å². The maximum Gasteiger partial charge on any atom is 0.310 e. The maximum absolute atomic E-state index is 10.7. The van der Waals surface area contributed by atoms with Crippen molar-refractivity contribution < 1.29 is 14.4 Å². The van der Waals surface area contributed by atoms with E-state index in [0.717, 1.165) is 5.56 Å². The quantitative estimate of drug-likeness (QED) is 0.327. The third-order valence-corrected chi connectivity index (χ3v) is 2.17. The molecule has 1 aromatic carbocycles. The van der Waals surface area contributed by atoms with Crippen LogP contribution in [0, 0.1) is 17.0 Å². The topological polar surface area (TPSA) is 61.6 Å². The van der Waals surface area contributed by atoms with Gasteiger partial charge in [-0.2, -0.15) is 0 Å². The summed E-state index contributed by atoms with van der Waals surface area (Å²) < 4.78 is 10.4. The Labute approximate surface area is 104 Å². The summed E-state index contributed by atoms with van der Waals surface area (Å²) in [6, 6.07) is 4.75. The van der Waals surface area contributed by atoms with Crippen LogP contribution in [0.1, 0.15) is 5.56 Å². The van der Waals surface area contributed by atoms with Gasteiger partial charge in [-0.3, -0.25) is 10.1 Å². The standard InChI is InChI=1S/C11H14ClNO4/c1-9-2-3-10(13(14)15)11(8-9)17-7-6-16-5-4-12/h2-3,8H,4-7H2,1H3. The molecule has 0 fully saturated rings. The van der Waals surface area contributed by atoms with Gasteiger partial charge in [-0.05, 0) is 18.6 Å². The first-order chi connectivity index (χ1) is 8.15. The highest BCUT2D eigenvalue weighted by Gasteiger charge is 2.14. The Morgan fingerprint density at radius 3 is 2.76 bits per heavy atom. The molecule has 0 spiro atoms. The van der Waals surface area contributed by atoms with Crippen molar-refractivity contribution in [2.75, 3.05) is 25.7 Å². The SMILES string of the molecule is Cc1ccc([N+](=O)[O-])c(OCCOCCCl)c1. The molecule has 1 rings (SSSR count). The number of hydrogen-bond acceptors (Lipinski definition) is 4. The van der Waals surface area contributed by atoms with Crippen LogP contribution in [-0.4, -0.2) is 30.6 Å². The Morgan fingerprint density at radius 2 is 2.12 bits per heavy atom. The first-order valence-electron chi connectivity index (χ1n) is 5.16. The molecule has 0 bridgehead atoms. The number of nitro groups is 1. The van der Waals surface area contributed by atoms with E-state index in [-0.39, 0.29) is 18.0 Å². The van der Waals surface area contributed by atoms with Gasteiger partial charge in [0.25, 0.3) is 0 Å². The van der Waals surface area contributed by atoms with Crippen LogP contribution in [0.25, 0.3) is 0 Å². The zero-order valence-electron chi connectivity index (χ0n) is 9.52. The molecule has 6 heteroatoms. The normalized spacial score (nSPS) is 10.2. The van der Waals surface area contributed by atoms with E-state index in [2.05, 4.69) is 0 Å². The summed E-state index contributed by atoms with van der Waals surface area (Å²) in [5.41, 5.74) is 0.875. The monoisotopic (exact) mass is 259 g/mol. The van der Waals surface area contributed by atoms with Crippen LogP contribution in [0.5, 0.6) is 5.75 Å². The van der Waals surface area contributed by atoms with Gasteiger partial charge in [0.05, 0.1) is 18.1 Å². The smallest absolute Gasteiger partial charge is 0.310 e.